The van der Waals surface area contributed by atoms with E-state index in [1.807, 2.05) is 0 Å². The van der Waals surface area contributed by atoms with Gasteiger partial charge in [-0.2, -0.15) is 13.2 Å². The molecule has 4 heterocycles. The molecule has 7 nitrogen and oxygen atoms in total. The Kier molecular flexibility index (Phi) is 6.15. The van der Waals surface area contributed by atoms with E-state index in [0.29, 0.717) is 12.6 Å². The lowest BCUT2D eigenvalue weighted by atomic mass is 10.1. The van der Waals surface area contributed by atoms with Crippen molar-refractivity contribution in [3.8, 4) is 11.4 Å². The van der Waals surface area contributed by atoms with E-state index in [0.717, 1.165) is 0 Å². The molecule has 0 radical (unpaired) electrons. The number of halogens is 6. The van der Waals surface area contributed by atoms with Crippen molar-refractivity contribution in [3.05, 3.63) is 47.8 Å². The van der Waals surface area contributed by atoms with E-state index < -0.39 is 42.5 Å². The third-order valence-electron chi connectivity index (χ3n) is 5.12. The molecule has 0 bridgehead atoms. The number of alkyl halides is 4. The minimum atomic E-state index is -4.56. The summed E-state index contributed by atoms with van der Waals surface area (Å²) in [5.74, 6) is -3.28. The fourth-order valence-corrected chi connectivity index (χ4v) is 3.47. The molecule has 176 valence electrons. The topological polar surface area (TPSA) is 83.4 Å². The molecule has 1 saturated heterocycles. The van der Waals surface area contributed by atoms with Crippen LogP contribution >= 0.6 is 0 Å². The van der Waals surface area contributed by atoms with Gasteiger partial charge in [0.2, 0.25) is 0 Å². The third-order valence-corrected chi connectivity index (χ3v) is 5.12. The number of nitrogens with zero attached hydrogens (tertiary/aromatic N) is 3. The predicted octanol–water partition coefficient (Wildman–Crippen LogP) is 3.08. The van der Waals surface area contributed by atoms with Crippen molar-refractivity contribution in [2.24, 2.45) is 0 Å². The van der Waals surface area contributed by atoms with E-state index in [-0.39, 0.29) is 41.4 Å². The molecule has 0 aromatic carbocycles. The number of imidazole rings is 1. The maximum Gasteiger partial charge on any atom is 0.405 e. The molecule has 1 aliphatic heterocycles. The average Bonchev–Trinajstić information content (AvgIpc) is 3.18. The Morgan fingerprint density at radius 2 is 2.03 bits per heavy atom. The highest BCUT2D eigenvalue weighted by atomic mass is 19.4. The Morgan fingerprint density at radius 1 is 1.24 bits per heavy atom. The summed E-state index contributed by atoms with van der Waals surface area (Å²) in [6.45, 7) is -0.765. The number of aromatic nitrogens is 3. The molecule has 2 atom stereocenters. The van der Waals surface area contributed by atoms with Crippen LogP contribution in [-0.2, 0) is 0 Å². The second-order valence-corrected chi connectivity index (χ2v) is 7.49. The zero-order chi connectivity index (χ0) is 23.8. The largest absolute Gasteiger partial charge is 0.405 e. The van der Waals surface area contributed by atoms with Crippen LogP contribution in [0.1, 0.15) is 16.8 Å². The lowest BCUT2D eigenvalue weighted by Crippen LogP contribution is -2.46. The van der Waals surface area contributed by atoms with Crippen LogP contribution in [0.5, 0.6) is 0 Å². The summed E-state index contributed by atoms with van der Waals surface area (Å²) in [4.78, 5) is 20.0. The molecular weight excluding hydrogens is 454 g/mol. The third kappa shape index (κ3) is 5.02. The van der Waals surface area contributed by atoms with Crippen molar-refractivity contribution in [3.63, 3.8) is 0 Å². The fourth-order valence-electron chi connectivity index (χ4n) is 3.47. The average molecular weight is 472 g/mol. The van der Waals surface area contributed by atoms with Crippen molar-refractivity contribution in [2.75, 3.05) is 25.0 Å². The quantitative estimate of drug-likeness (QED) is 0.498. The van der Waals surface area contributed by atoms with E-state index in [1.54, 1.807) is 5.32 Å². The zero-order valence-corrected chi connectivity index (χ0v) is 16.9. The van der Waals surface area contributed by atoms with Crippen LogP contribution in [0.4, 0.5) is 32.2 Å². The standard InChI is InChI=1S/C20H18F6N6O/c21-11-1-3-27-7-14(11)30-18-13(23)6-12(22)17(31-18)15-8-28-16-5-10(2-4-32(15)16)19(33)29-9-20(24,25)26/h2,4-6,8,11,14,27H,1,3,7,9H2,(H,29,33)(H,30,31)/t11-,14-/m0/s1. The highest BCUT2D eigenvalue weighted by molar-refractivity contribution is 5.95. The maximum absolute atomic E-state index is 14.6. The first-order chi connectivity index (χ1) is 15.6. The predicted molar refractivity (Wildman–Crippen MR) is 107 cm³/mol. The van der Waals surface area contributed by atoms with Gasteiger partial charge in [0.05, 0.1) is 17.9 Å². The number of fused-ring (bicyclic) bond motifs is 1. The minimum absolute atomic E-state index is 0.0856. The van der Waals surface area contributed by atoms with Gasteiger partial charge in [-0.15, -0.1) is 0 Å². The number of hydrogen-bond donors (Lipinski definition) is 3. The highest BCUT2D eigenvalue weighted by Gasteiger charge is 2.28. The smallest absolute Gasteiger partial charge is 0.361 e. The summed E-state index contributed by atoms with van der Waals surface area (Å²) >= 11 is 0. The second-order valence-electron chi connectivity index (χ2n) is 7.49. The Bertz CT molecular complexity index is 1180. The first kappa shape index (κ1) is 22.8. The Morgan fingerprint density at radius 3 is 2.76 bits per heavy atom. The second kappa shape index (κ2) is 8.89. The van der Waals surface area contributed by atoms with Crippen molar-refractivity contribution < 1.29 is 31.1 Å². The molecule has 33 heavy (non-hydrogen) atoms. The van der Waals surface area contributed by atoms with Crippen molar-refractivity contribution in [2.45, 2.75) is 24.8 Å². The van der Waals surface area contributed by atoms with Crippen LogP contribution in [0.25, 0.3) is 17.0 Å². The summed E-state index contributed by atoms with van der Waals surface area (Å²) in [5, 5.41) is 7.39. The van der Waals surface area contributed by atoms with Crippen LogP contribution in [0.15, 0.2) is 30.6 Å². The molecule has 3 aromatic heterocycles. The first-order valence-electron chi connectivity index (χ1n) is 9.92. The van der Waals surface area contributed by atoms with Gasteiger partial charge in [0.25, 0.3) is 5.91 Å². The van der Waals surface area contributed by atoms with E-state index in [1.165, 1.54) is 28.9 Å². The number of amides is 1. The SMILES string of the molecule is O=C(NCC(F)(F)F)c1ccn2c(-c3nc(N[C@H]4CNCC[C@@H]4F)c(F)cc3F)cnc2c1. The number of carbonyl (C=O) groups excluding carboxylic acids is 1. The molecule has 0 spiro atoms. The van der Waals surface area contributed by atoms with E-state index in [9.17, 15) is 31.1 Å². The molecule has 1 amide bonds. The lowest BCUT2D eigenvalue weighted by Gasteiger charge is -2.28. The van der Waals surface area contributed by atoms with Gasteiger partial charge < -0.3 is 16.0 Å². The molecule has 13 heteroatoms. The van der Waals surface area contributed by atoms with Gasteiger partial charge in [0, 0.05) is 24.4 Å². The van der Waals surface area contributed by atoms with E-state index >= 15 is 0 Å². The summed E-state index contributed by atoms with van der Waals surface area (Å²) < 4.78 is 81.3. The van der Waals surface area contributed by atoms with Gasteiger partial charge >= 0.3 is 6.18 Å². The van der Waals surface area contributed by atoms with Gasteiger partial charge in [-0.1, -0.05) is 0 Å². The van der Waals surface area contributed by atoms with Gasteiger partial charge in [0.15, 0.2) is 17.5 Å². The molecule has 1 fully saturated rings. The number of pyridine rings is 2. The van der Waals surface area contributed by atoms with Gasteiger partial charge in [0.1, 0.15) is 24.1 Å². The molecule has 0 saturated carbocycles. The molecule has 0 unspecified atom stereocenters. The Hall–Kier alpha value is -3.35. The number of anilines is 1. The number of nitrogens with one attached hydrogen (secondary N) is 3. The summed E-state index contributed by atoms with van der Waals surface area (Å²) in [6.07, 6.45) is -3.04. The first-order valence-corrected chi connectivity index (χ1v) is 9.92. The van der Waals surface area contributed by atoms with Crippen LogP contribution < -0.4 is 16.0 Å². The Balaban J connectivity index is 1.62. The number of carbonyl (C=O) groups is 1. The van der Waals surface area contributed by atoms with Crippen LogP contribution in [0.2, 0.25) is 0 Å². The number of piperidine rings is 1. The molecule has 3 aromatic rings. The molecule has 4 rings (SSSR count). The Labute approximate surface area is 183 Å². The molecule has 0 aliphatic carbocycles. The zero-order valence-electron chi connectivity index (χ0n) is 16.9. The normalized spacial score (nSPS) is 19.0. The lowest BCUT2D eigenvalue weighted by molar-refractivity contribution is -0.123. The summed E-state index contributed by atoms with van der Waals surface area (Å²) in [7, 11) is 0. The highest BCUT2D eigenvalue weighted by Crippen LogP contribution is 2.27. The van der Waals surface area contributed by atoms with Crippen molar-refractivity contribution >= 4 is 17.4 Å². The van der Waals surface area contributed by atoms with E-state index in [2.05, 4.69) is 20.6 Å². The van der Waals surface area contributed by atoms with Crippen molar-refractivity contribution in [1.29, 1.82) is 0 Å². The number of rotatable bonds is 5. The monoisotopic (exact) mass is 472 g/mol. The molecule has 3 N–H and O–H groups in total. The van der Waals surface area contributed by atoms with Gasteiger partial charge in [-0.25, -0.2) is 23.1 Å². The fraction of sp³-hybridized carbons (Fsp3) is 0.350. The molecule has 1 aliphatic rings. The molecular formula is C20H18F6N6O. The van der Waals surface area contributed by atoms with Gasteiger partial charge in [-0.3, -0.25) is 9.20 Å². The van der Waals surface area contributed by atoms with Gasteiger partial charge in [-0.05, 0) is 25.1 Å². The minimum Gasteiger partial charge on any atom is -0.361 e. The van der Waals surface area contributed by atoms with Crippen molar-refractivity contribution in [1.82, 2.24) is 25.0 Å². The summed E-state index contributed by atoms with van der Waals surface area (Å²) in [6, 6.07) is 2.31. The van der Waals surface area contributed by atoms with E-state index in [4.69, 9.17) is 0 Å². The van der Waals surface area contributed by atoms with Crippen LogP contribution in [0, 0.1) is 11.6 Å². The number of hydrogen-bond acceptors (Lipinski definition) is 5. The maximum atomic E-state index is 14.6. The summed E-state index contributed by atoms with van der Waals surface area (Å²) in [5.41, 5.74) is -0.131. The van der Waals surface area contributed by atoms with Crippen LogP contribution in [0.3, 0.4) is 0 Å². The van der Waals surface area contributed by atoms with Crippen LogP contribution in [-0.4, -0.2) is 58.3 Å².